The molecule has 1 aromatic carbocycles. The Hall–Kier alpha value is -2.70. The first kappa shape index (κ1) is 18.6. The number of amides is 1. The number of hydrogen-bond acceptors (Lipinski definition) is 4. The number of unbranched alkanes of at least 4 members (excludes halogenated alkanes) is 3. The molecule has 0 saturated carbocycles. The molecule has 1 amide bonds. The fourth-order valence-electron chi connectivity index (χ4n) is 2.44. The SMILES string of the molecule is COC(=O)CCCCCCNC(=O)c1cn[nH]c1-c1ccc(F)cc1. The van der Waals surface area contributed by atoms with E-state index in [0.717, 1.165) is 25.7 Å². The van der Waals surface area contributed by atoms with Gasteiger partial charge in [-0.05, 0) is 37.1 Å². The van der Waals surface area contributed by atoms with Crippen molar-refractivity contribution in [3.63, 3.8) is 0 Å². The van der Waals surface area contributed by atoms with E-state index in [2.05, 4.69) is 20.3 Å². The zero-order valence-electron chi connectivity index (χ0n) is 14.2. The second-order valence-electron chi connectivity index (χ2n) is 5.66. The van der Waals surface area contributed by atoms with Crippen molar-refractivity contribution in [3.05, 3.63) is 41.8 Å². The van der Waals surface area contributed by atoms with Crippen LogP contribution in [0.5, 0.6) is 0 Å². The Morgan fingerprint density at radius 3 is 2.60 bits per heavy atom. The van der Waals surface area contributed by atoms with Gasteiger partial charge in [-0.25, -0.2) is 4.39 Å². The molecule has 0 spiro atoms. The van der Waals surface area contributed by atoms with E-state index >= 15 is 0 Å². The fourth-order valence-corrected chi connectivity index (χ4v) is 2.44. The number of H-pyrrole nitrogens is 1. The molecule has 0 atom stereocenters. The lowest BCUT2D eigenvalue weighted by Gasteiger charge is -2.06. The molecule has 6 nitrogen and oxygen atoms in total. The van der Waals surface area contributed by atoms with Gasteiger partial charge in [0.15, 0.2) is 0 Å². The zero-order valence-corrected chi connectivity index (χ0v) is 14.2. The van der Waals surface area contributed by atoms with Crippen molar-refractivity contribution < 1.29 is 18.7 Å². The molecule has 2 rings (SSSR count). The minimum Gasteiger partial charge on any atom is -0.469 e. The van der Waals surface area contributed by atoms with Crippen LogP contribution in [0.4, 0.5) is 4.39 Å². The van der Waals surface area contributed by atoms with E-state index in [0.29, 0.717) is 29.8 Å². The maximum absolute atomic E-state index is 13.0. The number of carbonyl (C=O) groups excluding carboxylic acids is 2. The molecule has 134 valence electrons. The summed E-state index contributed by atoms with van der Waals surface area (Å²) in [6, 6.07) is 5.88. The Labute approximate surface area is 145 Å². The topological polar surface area (TPSA) is 84.1 Å². The molecular formula is C18H22FN3O3. The minimum absolute atomic E-state index is 0.193. The number of esters is 1. The molecule has 0 bridgehead atoms. The first-order valence-corrected chi connectivity index (χ1v) is 8.26. The van der Waals surface area contributed by atoms with Crippen LogP contribution in [0.25, 0.3) is 11.3 Å². The van der Waals surface area contributed by atoms with E-state index in [9.17, 15) is 14.0 Å². The summed E-state index contributed by atoms with van der Waals surface area (Å²) < 4.78 is 17.6. The molecule has 2 N–H and O–H groups in total. The normalized spacial score (nSPS) is 10.5. The number of nitrogens with one attached hydrogen (secondary N) is 2. The van der Waals surface area contributed by atoms with E-state index < -0.39 is 0 Å². The van der Waals surface area contributed by atoms with Crippen LogP contribution in [0.15, 0.2) is 30.5 Å². The van der Waals surface area contributed by atoms with Gasteiger partial charge in [0.1, 0.15) is 5.82 Å². The monoisotopic (exact) mass is 347 g/mol. The van der Waals surface area contributed by atoms with Crippen molar-refractivity contribution in [2.45, 2.75) is 32.1 Å². The molecule has 0 aliphatic rings. The molecule has 0 aliphatic heterocycles. The average molecular weight is 347 g/mol. The Morgan fingerprint density at radius 1 is 1.16 bits per heavy atom. The second-order valence-corrected chi connectivity index (χ2v) is 5.66. The van der Waals surface area contributed by atoms with Crippen LogP contribution in [0.2, 0.25) is 0 Å². The summed E-state index contributed by atoms with van der Waals surface area (Å²) in [4.78, 5) is 23.3. The largest absolute Gasteiger partial charge is 0.469 e. The predicted octanol–water partition coefficient (Wildman–Crippen LogP) is 3.07. The summed E-state index contributed by atoms with van der Waals surface area (Å²) in [6.07, 6.45) is 5.35. The Kier molecular flexibility index (Phi) is 7.13. The lowest BCUT2D eigenvalue weighted by Crippen LogP contribution is -2.24. The third-order valence-corrected chi connectivity index (χ3v) is 3.84. The third-order valence-electron chi connectivity index (χ3n) is 3.84. The summed E-state index contributed by atoms with van der Waals surface area (Å²) in [5, 5.41) is 9.54. The minimum atomic E-state index is -0.332. The number of benzene rings is 1. The summed E-state index contributed by atoms with van der Waals surface area (Å²) in [7, 11) is 1.38. The van der Waals surface area contributed by atoms with Crippen LogP contribution in [0.3, 0.4) is 0 Å². The van der Waals surface area contributed by atoms with Crippen LogP contribution < -0.4 is 5.32 Å². The fraction of sp³-hybridized carbons (Fsp3) is 0.389. The lowest BCUT2D eigenvalue weighted by atomic mass is 10.1. The van der Waals surface area contributed by atoms with E-state index in [1.54, 1.807) is 12.1 Å². The summed E-state index contributed by atoms with van der Waals surface area (Å²) in [6.45, 7) is 0.547. The lowest BCUT2D eigenvalue weighted by molar-refractivity contribution is -0.140. The second kappa shape index (κ2) is 9.56. The van der Waals surface area contributed by atoms with Crippen molar-refractivity contribution in [2.75, 3.05) is 13.7 Å². The van der Waals surface area contributed by atoms with Crippen LogP contribution in [0, 0.1) is 5.82 Å². The standard InChI is InChI=1S/C18H22FN3O3/c1-25-16(23)6-4-2-3-5-11-20-18(24)15-12-21-22-17(15)13-7-9-14(19)10-8-13/h7-10,12H,2-6,11H2,1H3,(H,20,24)(H,21,22). The van der Waals surface area contributed by atoms with Crippen molar-refractivity contribution in [1.29, 1.82) is 0 Å². The highest BCUT2D eigenvalue weighted by Crippen LogP contribution is 2.21. The summed E-state index contributed by atoms with van der Waals surface area (Å²) in [5.74, 6) is -0.745. The highest BCUT2D eigenvalue weighted by molar-refractivity contribution is 5.99. The van der Waals surface area contributed by atoms with Gasteiger partial charge >= 0.3 is 5.97 Å². The number of rotatable bonds is 9. The van der Waals surface area contributed by atoms with E-state index in [4.69, 9.17) is 0 Å². The maximum Gasteiger partial charge on any atom is 0.305 e. The molecule has 0 saturated heterocycles. The quantitative estimate of drug-likeness (QED) is 0.539. The first-order valence-electron chi connectivity index (χ1n) is 8.26. The van der Waals surface area contributed by atoms with Crippen LogP contribution in [-0.2, 0) is 9.53 Å². The number of ether oxygens (including phenoxy) is 1. The van der Waals surface area contributed by atoms with Gasteiger partial charge in [0, 0.05) is 18.5 Å². The molecule has 0 radical (unpaired) electrons. The van der Waals surface area contributed by atoms with Gasteiger partial charge in [-0.2, -0.15) is 5.10 Å². The van der Waals surface area contributed by atoms with Gasteiger partial charge < -0.3 is 10.1 Å². The molecule has 0 aliphatic carbocycles. The van der Waals surface area contributed by atoms with E-state index in [1.165, 1.54) is 25.4 Å². The number of hydrogen-bond donors (Lipinski definition) is 2. The molecule has 7 heteroatoms. The van der Waals surface area contributed by atoms with Crippen LogP contribution in [0.1, 0.15) is 42.5 Å². The number of nitrogens with zero attached hydrogens (tertiary/aromatic N) is 1. The molecule has 2 aromatic rings. The number of aromatic amines is 1. The average Bonchev–Trinajstić information content (AvgIpc) is 3.11. The van der Waals surface area contributed by atoms with E-state index in [-0.39, 0.29) is 17.7 Å². The van der Waals surface area contributed by atoms with Gasteiger partial charge in [-0.15, -0.1) is 0 Å². The van der Waals surface area contributed by atoms with E-state index in [1.807, 2.05) is 0 Å². The van der Waals surface area contributed by atoms with Gasteiger partial charge in [-0.1, -0.05) is 12.8 Å². The number of halogens is 1. The summed E-state index contributed by atoms with van der Waals surface area (Å²) >= 11 is 0. The summed E-state index contributed by atoms with van der Waals surface area (Å²) in [5.41, 5.74) is 1.69. The van der Waals surface area contributed by atoms with Gasteiger partial charge in [0.2, 0.25) is 0 Å². The van der Waals surface area contributed by atoms with Gasteiger partial charge in [0.25, 0.3) is 5.91 Å². The van der Waals surface area contributed by atoms with Crippen LogP contribution >= 0.6 is 0 Å². The number of carbonyl (C=O) groups is 2. The molecule has 0 fully saturated rings. The first-order chi connectivity index (χ1) is 12.1. The Morgan fingerprint density at radius 2 is 1.88 bits per heavy atom. The maximum atomic E-state index is 13.0. The van der Waals surface area contributed by atoms with Crippen molar-refractivity contribution >= 4 is 11.9 Å². The molecule has 0 unspecified atom stereocenters. The van der Waals surface area contributed by atoms with Gasteiger partial charge in [0.05, 0.1) is 24.6 Å². The number of methoxy groups -OCH3 is 1. The van der Waals surface area contributed by atoms with Crippen molar-refractivity contribution in [1.82, 2.24) is 15.5 Å². The van der Waals surface area contributed by atoms with Crippen molar-refractivity contribution in [2.24, 2.45) is 0 Å². The number of aromatic nitrogens is 2. The predicted molar refractivity (Wildman–Crippen MR) is 91.4 cm³/mol. The Bertz CT molecular complexity index is 698. The molecule has 25 heavy (non-hydrogen) atoms. The molecule has 1 heterocycles. The zero-order chi connectivity index (χ0) is 18.1. The highest BCUT2D eigenvalue weighted by atomic mass is 19.1. The van der Waals surface area contributed by atoms with Crippen LogP contribution in [-0.4, -0.2) is 35.7 Å². The van der Waals surface area contributed by atoms with Crippen molar-refractivity contribution in [3.8, 4) is 11.3 Å². The van der Waals surface area contributed by atoms with Gasteiger partial charge in [-0.3, -0.25) is 14.7 Å². The third kappa shape index (κ3) is 5.70. The molecule has 1 aromatic heterocycles. The smallest absolute Gasteiger partial charge is 0.305 e. The Balaban J connectivity index is 1.76. The molecular weight excluding hydrogens is 325 g/mol. The highest BCUT2D eigenvalue weighted by Gasteiger charge is 2.14.